The van der Waals surface area contributed by atoms with E-state index in [2.05, 4.69) is 25.7 Å². The van der Waals surface area contributed by atoms with Gasteiger partial charge < -0.3 is 0 Å². The van der Waals surface area contributed by atoms with E-state index in [1.165, 1.54) is 34.5 Å². The number of hydrogen-bond acceptors (Lipinski definition) is 2. The van der Waals surface area contributed by atoms with Crippen LogP contribution >= 0.6 is 27.7 Å². The zero-order valence-electron chi connectivity index (χ0n) is 7.29. The van der Waals surface area contributed by atoms with Crippen LogP contribution in [0.1, 0.15) is 30.1 Å². The van der Waals surface area contributed by atoms with Crippen molar-refractivity contribution >= 4 is 27.7 Å². The first-order valence-corrected chi connectivity index (χ1v) is 6.64. The lowest BCUT2D eigenvalue weighted by atomic mass is 10.2. The molecule has 1 saturated carbocycles. The molecular formula is C9H11BrN2S. The maximum Gasteiger partial charge on any atom is 0.108 e. The van der Waals surface area contributed by atoms with Crippen LogP contribution in [-0.2, 0) is 12.2 Å². The normalized spacial score (nSPS) is 21.6. The van der Waals surface area contributed by atoms with Crippen LogP contribution in [0.25, 0.3) is 0 Å². The van der Waals surface area contributed by atoms with Crippen LogP contribution in [0.2, 0.25) is 0 Å². The summed E-state index contributed by atoms with van der Waals surface area (Å²) in [7, 11) is 0. The van der Waals surface area contributed by atoms with E-state index in [0.717, 1.165) is 12.2 Å². The maximum absolute atomic E-state index is 4.67. The van der Waals surface area contributed by atoms with E-state index in [0.29, 0.717) is 6.04 Å². The molecule has 0 aromatic carbocycles. The number of aryl methyl sites for hydroxylation is 1. The van der Waals surface area contributed by atoms with Gasteiger partial charge in [-0.1, -0.05) is 0 Å². The Bertz CT molecular complexity index is 344. The van der Waals surface area contributed by atoms with Gasteiger partial charge in [0.1, 0.15) is 4.60 Å². The lowest BCUT2D eigenvalue weighted by molar-refractivity contribution is 0.618. The van der Waals surface area contributed by atoms with Crippen LogP contribution in [0.15, 0.2) is 4.60 Å². The number of halogens is 1. The van der Waals surface area contributed by atoms with Crippen LogP contribution in [0.5, 0.6) is 0 Å². The highest BCUT2D eigenvalue weighted by Crippen LogP contribution is 2.40. The number of rotatable bonds is 1. The fourth-order valence-corrected chi connectivity index (χ4v) is 3.65. The molecule has 0 bridgehead atoms. The third-order valence-electron chi connectivity index (χ3n) is 2.65. The van der Waals surface area contributed by atoms with Gasteiger partial charge in [-0.05, 0) is 34.5 Å². The molecular weight excluding hydrogens is 248 g/mol. The summed E-state index contributed by atoms with van der Waals surface area (Å²) in [4.78, 5) is 0. The van der Waals surface area contributed by atoms with Crippen molar-refractivity contribution in [2.75, 3.05) is 5.75 Å². The predicted octanol–water partition coefficient (Wildman–Crippen LogP) is 2.77. The van der Waals surface area contributed by atoms with Gasteiger partial charge in [-0.2, -0.15) is 16.9 Å². The summed E-state index contributed by atoms with van der Waals surface area (Å²) in [5, 5.41) is 4.67. The fraction of sp³-hybridized carbons (Fsp3) is 0.667. The number of nitrogens with zero attached hydrogens (tertiary/aromatic N) is 2. The third-order valence-corrected chi connectivity index (χ3v) is 4.48. The summed E-state index contributed by atoms with van der Waals surface area (Å²) in [6.45, 7) is 0. The molecule has 0 N–H and O–H groups in total. The molecule has 2 aliphatic rings. The Balaban J connectivity index is 2.06. The summed E-state index contributed by atoms with van der Waals surface area (Å²) in [6, 6.07) is 0.699. The zero-order chi connectivity index (χ0) is 8.84. The van der Waals surface area contributed by atoms with Crippen LogP contribution in [0, 0.1) is 0 Å². The molecule has 0 amide bonds. The molecule has 70 valence electrons. The average molecular weight is 259 g/mol. The number of hydrogen-bond donors (Lipinski definition) is 0. The Hall–Kier alpha value is 0.0400. The van der Waals surface area contributed by atoms with Gasteiger partial charge in [-0.25, -0.2) is 0 Å². The number of thioether (sulfide) groups is 1. The van der Waals surface area contributed by atoms with Crippen molar-refractivity contribution in [2.45, 2.75) is 31.1 Å². The van der Waals surface area contributed by atoms with E-state index in [-0.39, 0.29) is 0 Å². The van der Waals surface area contributed by atoms with Gasteiger partial charge in [0.15, 0.2) is 0 Å². The first-order chi connectivity index (χ1) is 6.36. The highest BCUT2D eigenvalue weighted by Gasteiger charge is 2.29. The molecule has 0 spiro atoms. The molecule has 0 saturated heterocycles. The highest BCUT2D eigenvalue weighted by atomic mass is 79.9. The monoisotopic (exact) mass is 258 g/mol. The molecule has 3 rings (SSSR count). The van der Waals surface area contributed by atoms with Gasteiger partial charge >= 0.3 is 0 Å². The largest absolute Gasteiger partial charge is 0.255 e. The van der Waals surface area contributed by atoms with Crippen molar-refractivity contribution in [3.63, 3.8) is 0 Å². The van der Waals surface area contributed by atoms with E-state index in [9.17, 15) is 0 Å². The Labute approximate surface area is 90.2 Å². The first-order valence-electron chi connectivity index (χ1n) is 4.70. The first kappa shape index (κ1) is 8.36. The summed E-state index contributed by atoms with van der Waals surface area (Å²) in [5.41, 5.74) is 2.78. The van der Waals surface area contributed by atoms with Gasteiger partial charge in [0, 0.05) is 17.7 Å². The van der Waals surface area contributed by atoms with Crippen LogP contribution in [0.3, 0.4) is 0 Å². The minimum Gasteiger partial charge on any atom is -0.255 e. The predicted molar refractivity (Wildman–Crippen MR) is 58.1 cm³/mol. The van der Waals surface area contributed by atoms with Gasteiger partial charge in [0.05, 0.1) is 11.7 Å². The number of aromatic nitrogens is 2. The van der Waals surface area contributed by atoms with E-state index in [1.54, 1.807) is 0 Å². The van der Waals surface area contributed by atoms with Crippen LogP contribution < -0.4 is 0 Å². The minimum atomic E-state index is 0.699. The molecule has 2 nitrogen and oxygen atoms in total. The van der Waals surface area contributed by atoms with Gasteiger partial charge in [0.2, 0.25) is 0 Å². The van der Waals surface area contributed by atoms with Crippen molar-refractivity contribution in [3.8, 4) is 0 Å². The summed E-state index contributed by atoms with van der Waals surface area (Å²) >= 11 is 5.68. The van der Waals surface area contributed by atoms with Gasteiger partial charge in [-0.15, -0.1) is 0 Å². The van der Waals surface area contributed by atoms with E-state index in [4.69, 9.17) is 0 Å². The molecule has 0 atom stereocenters. The molecule has 13 heavy (non-hydrogen) atoms. The van der Waals surface area contributed by atoms with Crippen molar-refractivity contribution < 1.29 is 0 Å². The quantitative estimate of drug-likeness (QED) is 0.771. The average Bonchev–Trinajstić information content (AvgIpc) is 2.94. The van der Waals surface area contributed by atoms with Crippen molar-refractivity contribution in [1.29, 1.82) is 0 Å². The topological polar surface area (TPSA) is 17.8 Å². The molecule has 4 heteroatoms. The van der Waals surface area contributed by atoms with E-state index >= 15 is 0 Å². The standard InChI is InChI=1S/C9H11BrN2S/c10-9-7-5-13-4-3-8(7)11-12(9)6-1-2-6/h6H,1-5H2. The Morgan fingerprint density at radius 3 is 3.00 bits per heavy atom. The zero-order valence-corrected chi connectivity index (χ0v) is 9.70. The van der Waals surface area contributed by atoms with Gasteiger partial charge in [0.25, 0.3) is 0 Å². The lowest BCUT2D eigenvalue weighted by Gasteiger charge is -2.08. The summed E-state index contributed by atoms with van der Waals surface area (Å²) < 4.78 is 3.44. The van der Waals surface area contributed by atoms with E-state index < -0.39 is 0 Å². The molecule has 1 fully saturated rings. The number of fused-ring (bicyclic) bond motifs is 1. The third kappa shape index (κ3) is 1.34. The molecule has 1 aromatic heterocycles. The molecule has 0 unspecified atom stereocenters. The van der Waals surface area contributed by atoms with Crippen LogP contribution in [-0.4, -0.2) is 15.5 Å². The minimum absolute atomic E-state index is 0.699. The Morgan fingerprint density at radius 1 is 1.46 bits per heavy atom. The van der Waals surface area contributed by atoms with Crippen LogP contribution in [0.4, 0.5) is 0 Å². The van der Waals surface area contributed by atoms with E-state index in [1.807, 2.05) is 11.8 Å². The van der Waals surface area contributed by atoms with Crippen molar-refractivity contribution in [2.24, 2.45) is 0 Å². The summed E-state index contributed by atoms with van der Waals surface area (Å²) in [5.74, 6) is 2.38. The maximum atomic E-state index is 4.67. The van der Waals surface area contributed by atoms with Crippen molar-refractivity contribution in [1.82, 2.24) is 9.78 Å². The molecule has 1 aromatic rings. The second-order valence-corrected chi connectivity index (χ2v) is 5.55. The summed E-state index contributed by atoms with van der Waals surface area (Å²) in [6.07, 6.45) is 3.77. The Morgan fingerprint density at radius 2 is 2.31 bits per heavy atom. The smallest absolute Gasteiger partial charge is 0.108 e. The van der Waals surface area contributed by atoms with Gasteiger partial charge in [-0.3, -0.25) is 4.68 Å². The molecule has 2 heterocycles. The fourth-order valence-electron chi connectivity index (χ4n) is 1.74. The highest BCUT2D eigenvalue weighted by molar-refractivity contribution is 9.10. The lowest BCUT2D eigenvalue weighted by Crippen LogP contribution is -2.00. The second kappa shape index (κ2) is 3.02. The van der Waals surface area contributed by atoms with Crippen molar-refractivity contribution in [3.05, 3.63) is 15.9 Å². The molecule has 0 radical (unpaired) electrons. The molecule has 1 aliphatic carbocycles. The molecule has 1 aliphatic heterocycles. The second-order valence-electron chi connectivity index (χ2n) is 3.69. The SMILES string of the molecule is Brc1c2c(nn1C1CC1)CCSC2. The Kier molecular flexibility index (Phi) is 1.94.